The highest BCUT2D eigenvalue weighted by atomic mass is 32.2. The van der Waals surface area contributed by atoms with Crippen LogP contribution in [0.15, 0.2) is 77.7 Å². The molecule has 0 aliphatic heterocycles. The van der Waals surface area contributed by atoms with Crippen molar-refractivity contribution in [3.8, 4) is 5.75 Å². The van der Waals surface area contributed by atoms with Gasteiger partial charge in [0.05, 0.1) is 17.2 Å². The van der Waals surface area contributed by atoms with Gasteiger partial charge in [-0.1, -0.05) is 29.8 Å². The van der Waals surface area contributed by atoms with Crippen LogP contribution in [0, 0.1) is 12.7 Å². The predicted octanol–water partition coefficient (Wildman–Crippen LogP) is 4.28. The van der Waals surface area contributed by atoms with Crippen LogP contribution in [0.5, 0.6) is 5.75 Å². The number of benzene rings is 3. The molecule has 0 radical (unpaired) electrons. The predicted molar refractivity (Wildman–Crippen MR) is 148 cm³/mol. The van der Waals surface area contributed by atoms with Gasteiger partial charge >= 0.3 is 0 Å². The van der Waals surface area contributed by atoms with Crippen molar-refractivity contribution < 1.29 is 27.1 Å². The molecule has 3 aromatic carbocycles. The number of amides is 2. The van der Waals surface area contributed by atoms with Gasteiger partial charge in [-0.05, 0) is 81.8 Å². The van der Waals surface area contributed by atoms with E-state index in [1.807, 2.05) is 38.1 Å². The first-order valence-electron chi connectivity index (χ1n) is 12.7. The minimum atomic E-state index is -4.28. The SMILES string of the molecule is CCNC(=O)[C@@H](C)N(Cc1ccc(C)cc1)C(=O)CN(c1ccc(OCC)cc1)S(=O)(=O)c1ccc(F)cc1. The Morgan fingerprint density at radius 1 is 0.949 bits per heavy atom. The van der Waals surface area contributed by atoms with Crippen LogP contribution in [-0.4, -0.2) is 50.9 Å². The average molecular weight is 556 g/mol. The van der Waals surface area contributed by atoms with Crippen molar-refractivity contribution in [1.29, 1.82) is 0 Å². The molecule has 0 spiro atoms. The molecule has 2 amide bonds. The number of nitrogens with zero attached hydrogens (tertiary/aromatic N) is 2. The molecule has 39 heavy (non-hydrogen) atoms. The van der Waals surface area contributed by atoms with Gasteiger partial charge in [-0.15, -0.1) is 0 Å². The number of aryl methyl sites for hydroxylation is 1. The number of sulfonamides is 1. The Morgan fingerprint density at radius 3 is 2.13 bits per heavy atom. The fourth-order valence-corrected chi connectivity index (χ4v) is 5.35. The summed E-state index contributed by atoms with van der Waals surface area (Å²) >= 11 is 0. The van der Waals surface area contributed by atoms with Gasteiger partial charge in [0.2, 0.25) is 11.8 Å². The van der Waals surface area contributed by atoms with Crippen molar-refractivity contribution in [2.24, 2.45) is 0 Å². The molecule has 0 unspecified atom stereocenters. The number of carbonyl (C=O) groups is 2. The van der Waals surface area contributed by atoms with Gasteiger partial charge in [0, 0.05) is 13.1 Å². The Hall–Kier alpha value is -3.92. The summed E-state index contributed by atoms with van der Waals surface area (Å²) in [7, 11) is -4.28. The summed E-state index contributed by atoms with van der Waals surface area (Å²) < 4.78 is 47.5. The van der Waals surface area contributed by atoms with E-state index in [1.165, 1.54) is 17.0 Å². The number of likely N-dealkylation sites (N-methyl/N-ethyl adjacent to an activating group) is 1. The molecule has 3 rings (SSSR count). The van der Waals surface area contributed by atoms with Gasteiger partial charge in [-0.25, -0.2) is 12.8 Å². The number of hydrogen-bond acceptors (Lipinski definition) is 5. The summed E-state index contributed by atoms with van der Waals surface area (Å²) in [5.41, 5.74) is 2.05. The van der Waals surface area contributed by atoms with E-state index in [2.05, 4.69) is 5.32 Å². The zero-order valence-corrected chi connectivity index (χ0v) is 23.4. The lowest BCUT2D eigenvalue weighted by atomic mass is 10.1. The monoisotopic (exact) mass is 555 g/mol. The zero-order valence-electron chi connectivity index (χ0n) is 22.6. The van der Waals surface area contributed by atoms with Crippen molar-refractivity contribution >= 4 is 27.5 Å². The average Bonchev–Trinajstić information content (AvgIpc) is 2.92. The van der Waals surface area contributed by atoms with Crippen molar-refractivity contribution in [2.45, 2.75) is 45.2 Å². The molecular weight excluding hydrogens is 521 g/mol. The van der Waals surface area contributed by atoms with Crippen LogP contribution in [0.1, 0.15) is 31.9 Å². The molecule has 1 atom stereocenters. The highest BCUT2D eigenvalue weighted by Gasteiger charge is 2.32. The number of ether oxygens (including phenoxy) is 1. The van der Waals surface area contributed by atoms with Gasteiger partial charge in [0.1, 0.15) is 24.2 Å². The summed E-state index contributed by atoms with van der Waals surface area (Å²) in [6.07, 6.45) is 0. The minimum Gasteiger partial charge on any atom is -0.494 e. The fourth-order valence-electron chi connectivity index (χ4n) is 3.93. The van der Waals surface area contributed by atoms with Crippen LogP contribution >= 0.6 is 0 Å². The number of rotatable bonds is 12. The van der Waals surface area contributed by atoms with Crippen molar-refractivity contribution in [1.82, 2.24) is 10.2 Å². The Kier molecular flexibility index (Phi) is 10.1. The second-order valence-corrected chi connectivity index (χ2v) is 10.8. The molecule has 0 saturated heterocycles. The molecule has 3 aromatic rings. The van der Waals surface area contributed by atoms with Crippen LogP contribution < -0.4 is 14.4 Å². The van der Waals surface area contributed by atoms with Crippen LogP contribution in [0.3, 0.4) is 0 Å². The van der Waals surface area contributed by atoms with Crippen LogP contribution in [-0.2, 0) is 26.2 Å². The molecular formula is C29H34FN3O5S. The van der Waals surface area contributed by atoms with Gasteiger partial charge < -0.3 is 15.0 Å². The smallest absolute Gasteiger partial charge is 0.264 e. The molecule has 0 bridgehead atoms. The Labute approximate surface area is 229 Å². The molecule has 0 aliphatic rings. The lowest BCUT2D eigenvalue weighted by molar-refractivity contribution is -0.139. The molecule has 0 fully saturated rings. The molecule has 0 aromatic heterocycles. The van der Waals surface area contributed by atoms with Crippen molar-refractivity contribution in [2.75, 3.05) is 24.0 Å². The maximum absolute atomic E-state index is 13.8. The van der Waals surface area contributed by atoms with E-state index in [-0.39, 0.29) is 23.0 Å². The first kappa shape index (κ1) is 29.6. The molecule has 0 heterocycles. The zero-order chi connectivity index (χ0) is 28.6. The lowest BCUT2D eigenvalue weighted by Gasteiger charge is -2.32. The Morgan fingerprint density at radius 2 is 1.56 bits per heavy atom. The normalized spacial score (nSPS) is 11.9. The number of carbonyl (C=O) groups excluding carboxylic acids is 2. The highest BCUT2D eigenvalue weighted by molar-refractivity contribution is 7.92. The molecule has 0 saturated carbocycles. The van der Waals surface area contributed by atoms with Gasteiger partial charge in [-0.3, -0.25) is 13.9 Å². The van der Waals surface area contributed by atoms with E-state index in [4.69, 9.17) is 4.74 Å². The first-order chi connectivity index (χ1) is 18.6. The Bertz CT molecular complexity index is 1360. The van der Waals surface area contributed by atoms with Gasteiger partial charge in [-0.2, -0.15) is 0 Å². The molecule has 8 nitrogen and oxygen atoms in total. The number of hydrogen-bond donors (Lipinski definition) is 1. The molecule has 0 aliphatic carbocycles. The second kappa shape index (κ2) is 13.2. The standard InChI is InChI=1S/C29H34FN3O5S/c1-5-31-29(35)22(4)32(19-23-9-7-21(3)8-10-23)28(34)20-33(25-13-15-26(16-14-25)38-6-2)39(36,37)27-17-11-24(30)12-18-27/h7-18,22H,5-6,19-20H2,1-4H3,(H,31,35)/t22-/m1/s1. The van der Waals surface area contributed by atoms with E-state index in [1.54, 1.807) is 26.0 Å². The highest BCUT2D eigenvalue weighted by Crippen LogP contribution is 2.27. The minimum absolute atomic E-state index is 0.102. The third-order valence-corrected chi connectivity index (χ3v) is 7.90. The van der Waals surface area contributed by atoms with Gasteiger partial charge in [0.25, 0.3) is 10.0 Å². The quantitative estimate of drug-likeness (QED) is 0.360. The number of anilines is 1. The summed E-state index contributed by atoms with van der Waals surface area (Å²) in [5, 5.41) is 2.73. The Balaban J connectivity index is 2.02. The summed E-state index contributed by atoms with van der Waals surface area (Å²) in [6.45, 7) is 7.49. The van der Waals surface area contributed by atoms with E-state index in [9.17, 15) is 22.4 Å². The summed E-state index contributed by atoms with van der Waals surface area (Å²) in [6, 6.07) is 17.4. The number of nitrogens with one attached hydrogen (secondary N) is 1. The molecule has 1 N–H and O–H groups in total. The van der Waals surface area contributed by atoms with E-state index in [0.717, 1.165) is 39.7 Å². The van der Waals surface area contributed by atoms with E-state index >= 15 is 0 Å². The van der Waals surface area contributed by atoms with Crippen molar-refractivity contribution in [3.63, 3.8) is 0 Å². The fraction of sp³-hybridized carbons (Fsp3) is 0.310. The number of halogens is 1. The van der Waals surface area contributed by atoms with Crippen molar-refractivity contribution in [3.05, 3.63) is 89.7 Å². The maximum atomic E-state index is 13.8. The first-order valence-corrected chi connectivity index (χ1v) is 14.1. The van der Waals surface area contributed by atoms with E-state index < -0.39 is 34.3 Å². The topological polar surface area (TPSA) is 96.0 Å². The summed E-state index contributed by atoms with van der Waals surface area (Å²) in [4.78, 5) is 27.7. The third-order valence-electron chi connectivity index (χ3n) is 6.11. The van der Waals surface area contributed by atoms with E-state index in [0.29, 0.717) is 18.9 Å². The molecule has 208 valence electrons. The van der Waals surface area contributed by atoms with Gasteiger partial charge in [0.15, 0.2) is 0 Å². The van der Waals surface area contributed by atoms with Crippen LogP contribution in [0.4, 0.5) is 10.1 Å². The third kappa shape index (κ3) is 7.57. The maximum Gasteiger partial charge on any atom is 0.264 e. The second-order valence-electron chi connectivity index (χ2n) is 8.97. The van der Waals surface area contributed by atoms with Crippen LogP contribution in [0.25, 0.3) is 0 Å². The lowest BCUT2D eigenvalue weighted by Crippen LogP contribution is -2.51. The summed E-state index contributed by atoms with van der Waals surface area (Å²) in [5.74, 6) is -0.976. The molecule has 10 heteroatoms. The van der Waals surface area contributed by atoms with Crippen LogP contribution in [0.2, 0.25) is 0 Å². The largest absolute Gasteiger partial charge is 0.494 e.